The fraction of sp³-hybridized carbons (Fsp3) is 0.500. The van der Waals surface area contributed by atoms with Gasteiger partial charge in [-0.25, -0.2) is 0 Å². The van der Waals surface area contributed by atoms with E-state index < -0.39 is 0 Å². The van der Waals surface area contributed by atoms with E-state index in [1.165, 1.54) is 6.42 Å². The Morgan fingerprint density at radius 2 is 1.92 bits per heavy atom. The number of H-pyrrole nitrogens is 1. The minimum Gasteiger partial charge on any atom is -0.492 e. The number of carbonyl (C=O) groups excluding carboxylic acids is 1. The Hall–Kier alpha value is -2.50. The molecule has 2 aromatic rings. The average Bonchev–Trinajstić information content (AvgIpc) is 3.12. The zero-order valence-corrected chi connectivity index (χ0v) is 15.3. The SMILES string of the molecule is CCOc1ccccc1N1CCN(C(=O)c2n[nH]c3c2CCCC3)CC1. The number of nitrogens with one attached hydrogen (secondary N) is 1. The number of carbonyl (C=O) groups is 1. The number of anilines is 1. The number of para-hydroxylation sites is 2. The number of piperazine rings is 1. The van der Waals surface area contributed by atoms with Gasteiger partial charge in [0.2, 0.25) is 0 Å². The van der Waals surface area contributed by atoms with Crippen molar-refractivity contribution in [3.05, 3.63) is 41.2 Å². The molecule has 0 atom stereocenters. The second kappa shape index (κ2) is 7.40. The summed E-state index contributed by atoms with van der Waals surface area (Å²) in [6.45, 7) is 5.68. The number of hydrogen-bond acceptors (Lipinski definition) is 4. The lowest BCUT2D eigenvalue weighted by molar-refractivity contribution is 0.0739. The molecule has 1 aliphatic heterocycles. The highest BCUT2D eigenvalue weighted by Crippen LogP contribution is 2.29. The lowest BCUT2D eigenvalue weighted by Crippen LogP contribution is -2.49. The Morgan fingerprint density at radius 1 is 1.15 bits per heavy atom. The van der Waals surface area contributed by atoms with E-state index in [1.807, 2.05) is 30.0 Å². The summed E-state index contributed by atoms with van der Waals surface area (Å²) in [7, 11) is 0. The summed E-state index contributed by atoms with van der Waals surface area (Å²) in [5.41, 5.74) is 4.05. The molecular weight excluding hydrogens is 328 g/mol. The van der Waals surface area contributed by atoms with Gasteiger partial charge in [0.1, 0.15) is 5.75 Å². The lowest BCUT2D eigenvalue weighted by Gasteiger charge is -2.36. The zero-order valence-electron chi connectivity index (χ0n) is 15.3. The third-order valence-electron chi connectivity index (χ3n) is 5.33. The van der Waals surface area contributed by atoms with Gasteiger partial charge >= 0.3 is 0 Å². The Balaban J connectivity index is 1.44. The van der Waals surface area contributed by atoms with Crippen LogP contribution >= 0.6 is 0 Å². The number of aryl methyl sites for hydroxylation is 1. The Bertz CT molecular complexity index is 778. The van der Waals surface area contributed by atoms with Crippen LogP contribution in [0.1, 0.15) is 41.5 Å². The summed E-state index contributed by atoms with van der Waals surface area (Å²) in [5.74, 6) is 0.985. The average molecular weight is 354 g/mol. The number of fused-ring (bicyclic) bond motifs is 1. The molecule has 0 bridgehead atoms. The van der Waals surface area contributed by atoms with Gasteiger partial charge in [-0.2, -0.15) is 5.10 Å². The molecule has 1 aliphatic carbocycles. The van der Waals surface area contributed by atoms with Gasteiger partial charge in [-0.15, -0.1) is 0 Å². The predicted molar refractivity (Wildman–Crippen MR) is 101 cm³/mol. The fourth-order valence-electron chi connectivity index (χ4n) is 3.95. The summed E-state index contributed by atoms with van der Waals surface area (Å²) in [6, 6.07) is 8.12. The van der Waals surface area contributed by atoms with Gasteiger partial charge in [-0.05, 0) is 44.7 Å². The van der Waals surface area contributed by atoms with E-state index in [-0.39, 0.29) is 5.91 Å². The van der Waals surface area contributed by atoms with Crippen LogP contribution in [0, 0.1) is 0 Å². The van der Waals surface area contributed by atoms with Crippen LogP contribution in [0.3, 0.4) is 0 Å². The third-order valence-corrected chi connectivity index (χ3v) is 5.33. The first-order chi connectivity index (χ1) is 12.8. The van der Waals surface area contributed by atoms with Crippen LogP contribution in [0.5, 0.6) is 5.75 Å². The molecule has 0 saturated carbocycles. The van der Waals surface area contributed by atoms with Crippen molar-refractivity contribution in [3.8, 4) is 5.75 Å². The maximum Gasteiger partial charge on any atom is 0.274 e. The molecule has 1 fully saturated rings. The van der Waals surface area contributed by atoms with E-state index in [0.29, 0.717) is 25.4 Å². The minimum atomic E-state index is 0.0714. The molecule has 1 amide bonds. The van der Waals surface area contributed by atoms with Gasteiger partial charge in [0.05, 0.1) is 12.3 Å². The molecular formula is C20H26N4O2. The summed E-state index contributed by atoms with van der Waals surface area (Å²) >= 11 is 0. The zero-order chi connectivity index (χ0) is 17.9. The van der Waals surface area contributed by atoms with Crippen molar-refractivity contribution in [1.82, 2.24) is 15.1 Å². The van der Waals surface area contributed by atoms with Crippen LogP contribution < -0.4 is 9.64 Å². The molecule has 4 rings (SSSR count). The predicted octanol–water partition coefficient (Wildman–Crippen LogP) is 2.65. The highest BCUT2D eigenvalue weighted by Gasteiger charge is 2.28. The standard InChI is InChI=1S/C20H26N4O2/c1-2-26-18-10-6-5-9-17(18)23-11-13-24(14-12-23)20(25)19-15-7-3-4-8-16(15)21-22-19/h5-6,9-10H,2-4,7-8,11-14H2,1H3,(H,21,22). The number of hydrogen-bond donors (Lipinski definition) is 1. The van der Waals surface area contributed by atoms with E-state index in [1.54, 1.807) is 0 Å². The van der Waals surface area contributed by atoms with Gasteiger partial charge in [0.15, 0.2) is 5.69 Å². The van der Waals surface area contributed by atoms with E-state index in [2.05, 4.69) is 21.2 Å². The van der Waals surface area contributed by atoms with Crippen LogP contribution in [-0.2, 0) is 12.8 Å². The van der Waals surface area contributed by atoms with Crippen LogP contribution in [-0.4, -0.2) is 53.8 Å². The molecule has 138 valence electrons. The van der Waals surface area contributed by atoms with Crippen LogP contribution in [0.4, 0.5) is 5.69 Å². The lowest BCUT2D eigenvalue weighted by atomic mass is 9.95. The molecule has 26 heavy (non-hydrogen) atoms. The number of amides is 1. The van der Waals surface area contributed by atoms with Crippen molar-refractivity contribution in [1.29, 1.82) is 0 Å². The molecule has 0 radical (unpaired) electrons. The molecule has 2 aliphatic rings. The maximum absolute atomic E-state index is 12.9. The molecule has 0 unspecified atom stereocenters. The number of aromatic amines is 1. The summed E-state index contributed by atoms with van der Waals surface area (Å²) in [4.78, 5) is 17.2. The van der Waals surface area contributed by atoms with E-state index in [9.17, 15) is 4.79 Å². The van der Waals surface area contributed by atoms with Crippen molar-refractivity contribution in [3.63, 3.8) is 0 Å². The van der Waals surface area contributed by atoms with Crippen LogP contribution in [0.2, 0.25) is 0 Å². The molecule has 1 aromatic heterocycles. The molecule has 6 heteroatoms. The molecule has 0 spiro atoms. The summed E-state index contributed by atoms with van der Waals surface area (Å²) in [5, 5.41) is 7.42. The van der Waals surface area contributed by atoms with Gasteiger partial charge in [0, 0.05) is 37.4 Å². The van der Waals surface area contributed by atoms with E-state index in [0.717, 1.165) is 55.0 Å². The highest BCUT2D eigenvalue weighted by atomic mass is 16.5. The van der Waals surface area contributed by atoms with Gasteiger partial charge in [-0.1, -0.05) is 12.1 Å². The second-order valence-corrected chi connectivity index (χ2v) is 6.92. The van der Waals surface area contributed by atoms with Crippen molar-refractivity contribution >= 4 is 11.6 Å². The quantitative estimate of drug-likeness (QED) is 0.917. The molecule has 2 heterocycles. The van der Waals surface area contributed by atoms with Crippen molar-refractivity contribution in [2.24, 2.45) is 0 Å². The van der Waals surface area contributed by atoms with Crippen LogP contribution in [0.25, 0.3) is 0 Å². The first-order valence-electron chi connectivity index (χ1n) is 9.60. The largest absolute Gasteiger partial charge is 0.492 e. The van der Waals surface area contributed by atoms with Gasteiger partial charge < -0.3 is 14.5 Å². The fourth-order valence-corrected chi connectivity index (χ4v) is 3.95. The smallest absolute Gasteiger partial charge is 0.274 e. The minimum absolute atomic E-state index is 0.0714. The normalized spacial score (nSPS) is 17.1. The number of nitrogens with zero attached hydrogens (tertiary/aromatic N) is 3. The number of benzene rings is 1. The van der Waals surface area contributed by atoms with E-state index >= 15 is 0 Å². The number of ether oxygens (including phenoxy) is 1. The summed E-state index contributed by atoms with van der Waals surface area (Å²) in [6.07, 6.45) is 4.31. The molecule has 6 nitrogen and oxygen atoms in total. The second-order valence-electron chi connectivity index (χ2n) is 6.92. The first kappa shape index (κ1) is 16.9. The highest BCUT2D eigenvalue weighted by molar-refractivity contribution is 5.94. The summed E-state index contributed by atoms with van der Waals surface area (Å²) < 4.78 is 5.75. The Labute approximate surface area is 154 Å². The van der Waals surface area contributed by atoms with Crippen LogP contribution in [0.15, 0.2) is 24.3 Å². The van der Waals surface area contributed by atoms with Gasteiger partial charge in [-0.3, -0.25) is 9.89 Å². The first-order valence-corrected chi connectivity index (χ1v) is 9.60. The molecule has 1 aromatic carbocycles. The van der Waals surface area contributed by atoms with Crippen molar-refractivity contribution in [2.45, 2.75) is 32.6 Å². The molecule has 1 saturated heterocycles. The number of aromatic nitrogens is 2. The van der Waals surface area contributed by atoms with Crippen molar-refractivity contribution in [2.75, 3.05) is 37.7 Å². The van der Waals surface area contributed by atoms with Gasteiger partial charge in [0.25, 0.3) is 5.91 Å². The molecule has 1 N–H and O–H groups in total. The Kier molecular flexibility index (Phi) is 4.82. The third kappa shape index (κ3) is 3.16. The maximum atomic E-state index is 12.9. The van der Waals surface area contributed by atoms with E-state index in [4.69, 9.17) is 4.74 Å². The van der Waals surface area contributed by atoms with Crippen molar-refractivity contribution < 1.29 is 9.53 Å². The topological polar surface area (TPSA) is 61.5 Å². The Morgan fingerprint density at radius 3 is 2.73 bits per heavy atom. The monoisotopic (exact) mass is 354 g/mol. The number of rotatable bonds is 4.